The van der Waals surface area contributed by atoms with Gasteiger partial charge in [0.1, 0.15) is 5.52 Å². The van der Waals surface area contributed by atoms with Crippen LogP contribution in [0.5, 0.6) is 0 Å². The van der Waals surface area contributed by atoms with Crippen molar-refractivity contribution in [3.05, 3.63) is 52.2 Å². The molecule has 86 valence electrons. The number of hydrogen-bond acceptors (Lipinski definition) is 3. The second kappa shape index (κ2) is 4.21. The summed E-state index contributed by atoms with van der Waals surface area (Å²) < 4.78 is 0. The van der Waals surface area contributed by atoms with Crippen LogP contribution in [0.1, 0.15) is 17.3 Å². The van der Waals surface area contributed by atoms with E-state index in [2.05, 4.69) is 4.98 Å². The highest BCUT2D eigenvalue weighted by atomic mass is 16.6. The number of nitro groups is 1. The van der Waals surface area contributed by atoms with Gasteiger partial charge in [-0.3, -0.25) is 14.9 Å². The number of hydrogen-bond donors (Lipinski definition) is 1. The number of para-hydroxylation sites is 1. The monoisotopic (exact) mass is 230 g/mol. The molecule has 5 heteroatoms. The molecule has 1 heterocycles. The topological polar surface area (TPSA) is 76.0 Å². The van der Waals surface area contributed by atoms with Crippen LogP contribution in [-0.4, -0.2) is 15.7 Å². The average molecular weight is 230 g/mol. The molecule has 0 unspecified atom stereocenters. The van der Waals surface area contributed by atoms with Crippen molar-refractivity contribution in [3.8, 4) is 0 Å². The number of aromatic nitrogens is 1. The zero-order valence-electron chi connectivity index (χ0n) is 9.14. The first-order chi connectivity index (χ1) is 8.15. The van der Waals surface area contributed by atoms with Gasteiger partial charge in [0.05, 0.1) is 4.92 Å². The summed E-state index contributed by atoms with van der Waals surface area (Å²) in [4.78, 5) is 24.8. The van der Waals surface area contributed by atoms with Crippen LogP contribution in [0.25, 0.3) is 10.9 Å². The fourth-order valence-corrected chi connectivity index (χ4v) is 1.74. The van der Waals surface area contributed by atoms with E-state index in [4.69, 9.17) is 0 Å². The molecule has 1 aromatic heterocycles. The molecule has 17 heavy (non-hydrogen) atoms. The Morgan fingerprint density at radius 2 is 2.24 bits per heavy atom. The Labute approximate surface area is 96.9 Å². The predicted molar refractivity (Wildman–Crippen MR) is 64.1 cm³/mol. The normalized spacial score (nSPS) is 11.1. The number of H-pyrrole nitrogens is 1. The van der Waals surface area contributed by atoms with Crippen molar-refractivity contribution < 1.29 is 9.72 Å². The lowest BCUT2D eigenvalue weighted by atomic mass is 10.1. The van der Waals surface area contributed by atoms with Crippen LogP contribution in [0.15, 0.2) is 36.5 Å². The van der Waals surface area contributed by atoms with E-state index in [0.29, 0.717) is 16.5 Å². The lowest BCUT2D eigenvalue weighted by Gasteiger charge is -1.95. The summed E-state index contributed by atoms with van der Waals surface area (Å²) in [6.45, 7) is 1.75. The number of non-ortho nitro benzene ring substituents is 1. The molecule has 2 rings (SSSR count). The minimum Gasteiger partial charge on any atom is -0.355 e. The molecule has 0 aliphatic heterocycles. The van der Waals surface area contributed by atoms with Crippen molar-refractivity contribution in [1.29, 1.82) is 0 Å². The maximum atomic E-state index is 11.7. The van der Waals surface area contributed by atoms with Crippen LogP contribution in [-0.2, 0) is 0 Å². The number of carbonyl (C=O) groups is 1. The summed E-state index contributed by atoms with van der Waals surface area (Å²) in [5, 5.41) is 11.4. The standard InChI is InChI=1S/C12H10N2O3/c1-2-4-11(15)9-7-13-12-8(9)5-3-6-10(12)14(16)17/h2-7,13H,1H3/b4-2+. The number of nitro benzene ring substituents is 1. The summed E-state index contributed by atoms with van der Waals surface area (Å²) in [5.74, 6) is -0.167. The fraction of sp³-hybridized carbons (Fsp3) is 0.0833. The predicted octanol–water partition coefficient (Wildman–Crippen LogP) is 2.83. The van der Waals surface area contributed by atoms with Gasteiger partial charge >= 0.3 is 0 Å². The summed E-state index contributed by atoms with van der Waals surface area (Å²) in [6.07, 6.45) is 4.57. The Balaban J connectivity index is 2.67. The SMILES string of the molecule is C/C=C/C(=O)c1c[nH]c2c([N+](=O)[O-])cccc12. The molecule has 0 radical (unpaired) electrons. The van der Waals surface area contributed by atoms with Gasteiger partial charge in [-0.2, -0.15) is 0 Å². The van der Waals surface area contributed by atoms with Crippen LogP contribution >= 0.6 is 0 Å². The average Bonchev–Trinajstić information content (AvgIpc) is 2.72. The highest BCUT2D eigenvalue weighted by Crippen LogP contribution is 2.27. The van der Waals surface area contributed by atoms with Crippen molar-refractivity contribution >= 4 is 22.4 Å². The van der Waals surface area contributed by atoms with E-state index in [9.17, 15) is 14.9 Å². The van der Waals surface area contributed by atoms with Gasteiger partial charge in [0.25, 0.3) is 5.69 Å². The molecular formula is C12H10N2O3. The number of benzene rings is 1. The molecule has 0 aliphatic carbocycles. The minimum absolute atomic E-state index is 0.0259. The minimum atomic E-state index is -0.469. The smallest absolute Gasteiger partial charge is 0.293 e. The highest BCUT2D eigenvalue weighted by molar-refractivity contribution is 6.14. The summed E-state index contributed by atoms with van der Waals surface area (Å²) in [6, 6.07) is 4.67. The van der Waals surface area contributed by atoms with Gasteiger partial charge in [0.15, 0.2) is 5.78 Å². The van der Waals surface area contributed by atoms with E-state index in [1.807, 2.05) is 0 Å². The molecule has 5 nitrogen and oxygen atoms in total. The van der Waals surface area contributed by atoms with Gasteiger partial charge in [-0.1, -0.05) is 18.2 Å². The molecule has 1 aromatic carbocycles. The molecule has 2 aromatic rings. The largest absolute Gasteiger partial charge is 0.355 e. The third-order valence-electron chi connectivity index (χ3n) is 2.47. The molecule has 0 atom stereocenters. The third kappa shape index (κ3) is 1.82. The first kappa shape index (κ1) is 11.1. The van der Waals surface area contributed by atoms with Gasteiger partial charge < -0.3 is 4.98 Å². The summed E-state index contributed by atoms with van der Waals surface area (Å²) in [5.41, 5.74) is 0.800. The van der Waals surface area contributed by atoms with Gasteiger partial charge in [0.2, 0.25) is 0 Å². The number of carbonyl (C=O) groups excluding carboxylic acids is 1. The van der Waals surface area contributed by atoms with Gasteiger partial charge in [0, 0.05) is 23.2 Å². The fourth-order valence-electron chi connectivity index (χ4n) is 1.74. The van der Waals surface area contributed by atoms with Crippen LogP contribution in [0, 0.1) is 10.1 Å². The molecule has 0 saturated heterocycles. The van der Waals surface area contributed by atoms with E-state index < -0.39 is 4.92 Å². The van der Waals surface area contributed by atoms with Crippen molar-refractivity contribution in [2.75, 3.05) is 0 Å². The number of rotatable bonds is 3. The number of nitrogens with zero attached hydrogens (tertiary/aromatic N) is 1. The maximum absolute atomic E-state index is 11.7. The lowest BCUT2D eigenvalue weighted by Crippen LogP contribution is -1.92. The van der Waals surface area contributed by atoms with Gasteiger partial charge in [-0.15, -0.1) is 0 Å². The third-order valence-corrected chi connectivity index (χ3v) is 2.47. The van der Waals surface area contributed by atoms with Crippen molar-refractivity contribution in [2.45, 2.75) is 6.92 Å². The number of nitrogens with one attached hydrogen (secondary N) is 1. The van der Waals surface area contributed by atoms with Gasteiger partial charge in [-0.05, 0) is 13.0 Å². The number of fused-ring (bicyclic) bond motifs is 1. The van der Waals surface area contributed by atoms with Crippen molar-refractivity contribution in [1.82, 2.24) is 4.98 Å². The first-order valence-corrected chi connectivity index (χ1v) is 5.06. The quantitative estimate of drug-likeness (QED) is 0.381. The Bertz CT molecular complexity index is 626. The summed E-state index contributed by atoms with van der Waals surface area (Å²) >= 11 is 0. The number of ketones is 1. The molecule has 1 N–H and O–H groups in total. The first-order valence-electron chi connectivity index (χ1n) is 5.06. The van der Waals surface area contributed by atoms with Crippen LogP contribution < -0.4 is 0 Å². The molecular weight excluding hydrogens is 220 g/mol. The second-order valence-corrected chi connectivity index (χ2v) is 3.52. The number of allylic oxidation sites excluding steroid dienone is 2. The Morgan fingerprint density at radius 1 is 1.47 bits per heavy atom. The molecule has 0 aliphatic rings. The van der Waals surface area contributed by atoms with E-state index >= 15 is 0 Å². The van der Waals surface area contributed by atoms with E-state index in [1.54, 1.807) is 25.1 Å². The van der Waals surface area contributed by atoms with E-state index in [-0.39, 0.29) is 11.5 Å². The molecule has 0 amide bonds. The highest BCUT2D eigenvalue weighted by Gasteiger charge is 2.17. The lowest BCUT2D eigenvalue weighted by molar-refractivity contribution is -0.383. The Kier molecular flexibility index (Phi) is 2.74. The molecule has 0 saturated carbocycles. The molecule has 0 bridgehead atoms. The maximum Gasteiger partial charge on any atom is 0.293 e. The van der Waals surface area contributed by atoms with Crippen molar-refractivity contribution in [2.24, 2.45) is 0 Å². The van der Waals surface area contributed by atoms with Crippen molar-refractivity contribution in [3.63, 3.8) is 0 Å². The zero-order chi connectivity index (χ0) is 12.4. The van der Waals surface area contributed by atoms with E-state index in [1.165, 1.54) is 18.3 Å². The van der Waals surface area contributed by atoms with Crippen LogP contribution in [0.2, 0.25) is 0 Å². The van der Waals surface area contributed by atoms with Crippen LogP contribution in [0.3, 0.4) is 0 Å². The van der Waals surface area contributed by atoms with Gasteiger partial charge in [-0.25, -0.2) is 0 Å². The Morgan fingerprint density at radius 3 is 2.88 bits per heavy atom. The molecule has 0 fully saturated rings. The van der Waals surface area contributed by atoms with Crippen LogP contribution in [0.4, 0.5) is 5.69 Å². The second-order valence-electron chi connectivity index (χ2n) is 3.52. The Hall–Kier alpha value is -2.43. The molecule has 0 spiro atoms. The number of aromatic amines is 1. The zero-order valence-corrected chi connectivity index (χ0v) is 9.14. The summed E-state index contributed by atoms with van der Waals surface area (Å²) in [7, 11) is 0. The van der Waals surface area contributed by atoms with E-state index in [0.717, 1.165) is 0 Å².